The number of aliphatic hydroxyl groups excluding tert-OH is 1. The van der Waals surface area contributed by atoms with Gasteiger partial charge in [0.05, 0.1) is 32.5 Å². The minimum Gasteiger partial charge on any atom is -0.390 e. The van der Waals surface area contributed by atoms with Gasteiger partial charge >= 0.3 is 0 Å². The summed E-state index contributed by atoms with van der Waals surface area (Å²) in [7, 11) is 1.70. The van der Waals surface area contributed by atoms with Crippen molar-refractivity contribution in [3.8, 4) is 0 Å². The van der Waals surface area contributed by atoms with Crippen molar-refractivity contribution in [1.82, 2.24) is 0 Å². The number of ether oxygens (including phenoxy) is 3. The molecule has 27 heavy (non-hydrogen) atoms. The van der Waals surface area contributed by atoms with Gasteiger partial charge in [-0.15, -0.1) is 0 Å². The highest BCUT2D eigenvalue weighted by atomic mass is 16.5. The number of fused-ring (bicyclic) bond motifs is 3. The van der Waals surface area contributed by atoms with Gasteiger partial charge in [-0.2, -0.15) is 0 Å². The van der Waals surface area contributed by atoms with Crippen molar-refractivity contribution in [3.05, 3.63) is 11.6 Å². The molecule has 152 valence electrons. The Bertz CT molecular complexity index is 617. The van der Waals surface area contributed by atoms with Crippen LogP contribution in [0.3, 0.4) is 0 Å². The highest BCUT2D eigenvalue weighted by Gasteiger charge is 2.72. The van der Waals surface area contributed by atoms with E-state index in [1.165, 1.54) is 32.1 Å². The van der Waals surface area contributed by atoms with Gasteiger partial charge in [-0.25, -0.2) is 0 Å². The molecule has 1 saturated heterocycles. The lowest BCUT2D eigenvalue weighted by atomic mass is 9.55. The first-order valence-electron chi connectivity index (χ1n) is 11.1. The maximum Gasteiger partial charge on any atom is 0.0807 e. The summed E-state index contributed by atoms with van der Waals surface area (Å²) < 4.78 is 17.2. The van der Waals surface area contributed by atoms with Crippen LogP contribution in [0.2, 0.25) is 0 Å². The molecular formula is C23H36O4. The van der Waals surface area contributed by atoms with E-state index in [1.54, 1.807) is 12.7 Å². The second-order valence-electron chi connectivity index (χ2n) is 10.3. The molecule has 4 fully saturated rings. The predicted octanol–water partition coefficient (Wildman–Crippen LogP) is 3.58. The Balaban J connectivity index is 1.44. The number of hydrogen-bond donors (Lipinski definition) is 1. The standard InChI is InChI=1S/C23H36O4/c1-21-7-6-18-16(17(21)3-4-19(21)20(24)13-25-2)5-8-22-14-23(18,22)9-10-26-11-12-27-15-22/h6,16-17,19-20,24H,3-5,7-15H2,1-2H3/t16?,17?,19?,20?,21?,22-,23-/m1/s1. The van der Waals surface area contributed by atoms with Crippen molar-refractivity contribution in [2.75, 3.05) is 40.1 Å². The summed E-state index contributed by atoms with van der Waals surface area (Å²) in [4.78, 5) is 0. The van der Waals surface area contributed by atoms with Crippen LogP contribution in [0.4, 0.5) is 0 Å². The first kappa shape index (κ1) is 18.6. The Morgan fingerprint density at radius 1 is 1.19 bits per heavy atom. The third kappa shape index (κ3) is 2.56. The summed E-state index contributed by atoms with van der Waals surface area (Å²) in [6, 6.07) is 0. The van der Waals surface area contributed by atoms with Crippen molar-refractivity contribution in [1.29, 1.82) is 0 Å². The SMILES string of the molecule is COCC(O)C1CCC2C3CC[C@@]45COCCOCC[C@@]4(C5)C3=CCC12C. The zero-order chi connectivity index (χ0) is 18.7. The zero-order valence-electron chi connectivity index (χ0n) is 17.0. The highest BCUT2D eigenvalue weighted by molar-refractivity contribution is 5.39. The molecule has 0 aromatic heterocycles. The molecule has 5 unspecified atom stereocenters. The average Bonchev–Trinajstić information content (AvgIpc) is 3.15. The molecular weight excluding hydrogens is 340 g/mol. The summed E-state index contributed by atoms with van der Waals surface area (Å²) in [5, 5.41) is 10.7. The van der Waals surface area contributed by atoms with Gasteiger partial charge in [0.2, 0.25) is 0 Å². The van der Waals surface area contributed by atoms with Gasteiger partial charge in [0.25, 0.3) is 0 Å². The molecule has 1 heterocycles. The van der Waals surface area contributed by atoms with E-state index in [4.69, 9.17) is 14.2 Å². The van der Waals surface area contributed by atoms with Crippen LogP contribution in [-0.2, 0) is 14.2 Å². The molecule has 0 radical (unpaired) electrons. The van der Waals surface area contributed by atoms with E-state index < -0.39 is 0 Å². The summed E-state index contributed by atoms with van der Waals surface area (Å²) in [5.41, 5.74) is 2.73. The lowest BCUT2D eigenvalue weighted by molar-refractivity contribution is -0.0328. The van der Waals surface area contributed by atoms with E-state index >= 15 is 0 Å². The summed E-state index contributed by atoms with van der Waals surface area (Å²) in [5.74, 6) is 1.80. The fourth-order valence-electron chi connectivity index (χ4n) is 7.98. The molecule has 0 spiro atoms. The van der Waals surface area contributed by atoms with Crippen molar-refractivity contribution in [2.24, 2.45) is 34.0 Å². The van der Waals surface area contributed by atoms with Gasteiger partial charge in [-0.1, -0.05) is 18.6 Å². The molecule has 0 bridgehead atoms. The van der Waals surface area contributed by atoms with E-state index in [-0.39, 0.29) is 11.5 Å². The van der Waals surface area contributed by atoms with Crippen LogP contribution >= 0.6 is 0 Å². The Kier molecular flexibility index (Phi) is 4.51. The minimum atomic E-state index is -0.326. The monoisotopic (exact) mass is 376 g/mol. The van der Waals surface area contributed by atoms with Crippen LogP contribution in [0.15, 0.2) is 11.6 Å². The highest BCUT2D eigenvalue weighted by Crippen LogP contribution is 2.79. The van der Waals surface area contributed by atoms with Crippen LogP contribution in [0, 0.1) is 34.0 Å². The number of rotatable bonds is 3. The largest absolute Gasteiger partial charge is 0.390 e. The smallest absolute Gasteiger partial charge is 0.0807 e. The van der Waals surface area contributed by atoms with Crippen molar-refractivity contribution >= 4 is 0 Å². The maximum atomic E-state index is 10.7. The Hall–Kier alpha value is -0.420. The fraction of sp³-hybridized carbons (Fsp3) is 0.913. The summed E-state index contributed by atoms with van der Waals surface area (Å²) in [6.07, 6.45) is 10.9. The van der Waals surface area contributed by atoms with Gasteiger partial charge < -0.3 is 19.3 Å². The third-order valence-corrected chi connectivity index (χ3v) is 9.37. The summed E-state index contributed by atoms with van der Waals surface area (Å²) >= 11 is 0. The second kappa shape index (κ2) is 6.55. The zero-order valence-corrected chi connectivity index (χ0v) is 17.0. The van der Waals surface area contributed by atoms with E-state index in [1.807, 2.05) is 0 Å². The normalized spacial score (nSPS) is 50.0. The van der Waals surface area contributed by atoms with Crippen LogP contribution in [0.25, 0.3) is 0 Å². The molecule has 5 rings (SSSR count). The Labute approximate surface area is 163 Å². The number of allylic oxidation sites excluding steroid dienone is 2. The maximum absolute atomic E-state index is 10.7. The van der Waals surface area contributed by atoms with E-state index in [0.717, 1.165) is 45.2 Å². The fourth-order valence-corrected chi connectivity index (χ4v) is 7.98. The second-order valence-corrected chi connectivity index (χ2v) is 10.3. The minimum absolute atomic E-state index is 0.225. The molecule has 1 aliphatic heterocycles. The van der Waals surface area contributed by atoms with Crippen molar-refractivity contribution in [3.63, 3.8) is 0 Å². The lowest BCUT2D eigenvalue weighted by Crippen LogP contribution is -2.45. The first-order valence-corrected chi connectivity index (χ1v) is 11.1. The summed E-state index contributed by atoms with van der Waals surface area (Å²) in [6.45, 7) is 6.22. The molecule has 0 amide bonds. The average molecular weight is 377 g/mol. The van der Waals surface area contributed by atoms with Gasteiger partial charge in [-0.05, 0) is 68.1 Å². The predicted molar refractivity (Wildman–Crippen MR) is 103 cm³/mol. The molecule has 5 aliphatic rings. The lowest BCUT2D eigenvalue weighted by Gasteiger charge is -2.50. The molecule has 3 saturated carbocycles. The number of methoxy groups -OCH3 is 1. The molecule has 0 aromatic rings. The van der Waals surface area contributed by atoms with E-state index in [0.29, 0.717) is 29.3 Å². The molecule has 4 heteroatoms. The van der Waals surface area contributed by atoms with Crippen LogP contribution in [-0.4, -0.2) is 51.4 Å². The van der Waals surface area contributed by atoms with Crippen molar-refractivity contribution < 1.29 is 19.3 Å². The number of hydrogen-bond acceptors (Lipinski definition) is 4. The van der Waals surface area contributed by atoms with Crippen molar-refractivity contribution in [2.45, 2.75) is 58.0 Å². The van der Waals surface area contributed by atoms with E-state index in [9.17, 15) is 5.11 Å². The molecule has 4 nitrogen and oxygen atoms in total. The first-order chi connectivity index (χ1) is 13.1. The topological polar surface area (TPSA) is 47.9 Å². The van der Waals surface area contributed by atoms with Crippen LogP contribution in [0.1, 0.15) is 51.9 Å². The number of aliphatic hydroxyl groups is 1. The van der Waals surface area contributed by atoms with Gasteiger partial charge in [0, 0.05) is 24.5 Å². The Morgan fingerprint density at radius 3 is 2.89 bits per heavy atom. The quantitative estimate of drug-likeness (QED) is 0.765. The van der Waals surface area contributed by atoms with Gasteiger partial charge in [-0.3, -0.25) is 0 Å². The molecule has 4 aliphatic carbocycles. The van der Waals surface area contributed by atoms with Crippen LogP contribution < -0.4 is 0 Å². The molecule has 0 aromatic carbocycles. The van der Waals surface area contributed by atoms with Gasteiger partial charge in [0.15, 0.2) is 0 Å². The molecule has 7 atom stereocenters. The Morgan fingerprint density at radius 2 is 2.04 bits per heavy atom. The molecule has 1 N–H and O–H groups in total. The third-order valence-electron chi connectivity index (χ3n) is 9.37. The van der Waals surface area contributed by atoms with Gasteiger partial charge in [0.1, 0.15) is 0 Å². The van der Waals surface area contributed by atoms with E-state index in [2.05, 4.69) is 13.0 Å². The van der Waals surface area contributed by atoms with Crippen LogP contribution in [0.5, 0.6) is 0 Å².